The summed E-state index contributed by atoms with van der Waals surface area (Å²) in [5.41, 5.74) is 3.55. The molecule has 1 unspecified atom stereocenters. The molecule has 1 N–H and O–H groups in total. The zero-order valence-electron chi connectivity index (χ0n) is 18.7. The molecule has 4 heterocycles. The van der Waals surface area contributed by atoms with Crippen LogP contribution in [-0.2, 0) is 12.3 Å². The van der Waals surface area contributed by atoms with E-state index in [0.29, 0.717) is 0 Å². The SMILES string of the molecule is O=C1c2c(O)c(=O)ccn2N(C2c3ccccc3CSc3ccccc32)CN1Cc1ccccn1. The van der Waals surface area contributed by atoms with Crippen LogP contribution in [0.3, 0.4) is 0 Å². The van der Waals surface area contributed by atoms with Crippen LogP contribution in [0.5, 0.6) is 5.75 Å². The van der Waals surface area contributed by atoms with E-state index in [2.05, 4.69) is 29.2 Å². The molecular weight excluding hydrogens is 460 g/mol. The second-order valence-corrected chi connectivity index (χ2v) is 9.57. The van der Waals surface area contributed by atoms with Gasteiger partial charge in [-0.1, -0.05) is 48.5 Å². The van der Waals surface area contributed by atoms with Crippen LogP contribution in [0.1, 0.15) is 38.9 Å². The Hall–Kier alpha value is -4.04. The summed E-state index contributed by atoms with van der Waals surface area (Å²) in [5, 5.41) is 12.8. The van der Waals surface area contributed by atoms with E-state index in [9.17, 15) is 14.7 Å². The minimum atomic E-state index is -0.582. The van der Waals surface area contributed by atoms with Gasteiger partial charge in [-0.2, -0.15) is 0 Å². The van der Waals surface area contributed by atoms with Crippen molar-refractivity contribution in [2.75, 3.05) is 11.7 Å². The lowest BCUT2D eigenvalue weighted by Gasteiger charge is -2.44. The van der Waals surface area contributed by atoms with Crippen molar-refractivity contribution >= 4 is 17.7 Å². The monoisotopic (exact) mass is 482 g/mol. The molecule has 35 heavy (non-hydrogen) atoms. The molecule has 1 amide bonds. The van der Waals surface area contributed by atoms with Gasteiger partial charge in [-0.05, 0) is 34.9 Å². The number of rotatable bonds is 3. The summed E-state index contributed by atoms with van der Waals surface area (Å²) in [6.07, 6.45) is 3.27. The maximum Gasteiger partial charge on any atom is 0.278 e. The van der Waals surface area contributed by atoms with Crippen LogP contribution in [0.4, 0.5) is 0 Å². The molecule has 0 aliphatic carbocycles. The summed E-state index contributed by atoms with van der Waals surface area (Å²) >= 11 is 1.78. The number of nitrogens with zero attached hydrogens (tertiary/aromatic N) is 4. The normalized spacial score (nSPS) is 16.8. The second kappa shape index (κ2) is 8.63. The smallest absolute Gasteiger partial charge is 0.278 e. The largest absolute Gasteiger partial charge is 0.502 e. The highest BCUT2D eigenvalue weighted by atomic mass is 32.2. The fraction of sp³-hybridized carbons (Fsp3) is 0.148. The fourth-order valence-electron chi connectivity index (χ4n) is 4.82. The summed E-state index contributed by atoms with van der Waals surface area (Å²) in [4.78, 5) is 33.1. The molecule has 0 saturated heterocycles. The maximum absolute atomic E-state index is 13.5. The number of carbonyl (C=O) groups is 1. The molecule has 8 heteroatoms. The van der Waals surface area contributed by atoms with E-state index < -0.39 is 17.1 Å². The quantitative estimate of drug-likeness (QED) is 0.477. The van der Waals surface area contributed by atoms with Crippen LogP contribution in [0, 0.1) is 0 Å². The van der Waals surface area contributed by atoms with Crippen molar-refractivity contribution in [1.82, 2.24) is 14.6 Å². The van der Waals surface area contributed by atoms with Crippen molar-refractivity contribution in [2.24, 2.45) is 0 Å². The minimum absolute atomic E-state index is 0.0356. The number of fused-ring (bicyclic) bond motifs is 3. The highest BCUT2D eigenvalue weighted by Gasteiger charge is 2.38. The van der Waals surface area contributed by atoms with E-state index in [4.69, 9.17) is 0 Å². The first-order valence-electron chi connectivity index (χ1n) is 11.3. The number of hydrogen-bond acceptors (Lipinski definition) is 6. The minimum Gasteiger partial charge on any atom is -0.502 e. The Bertz CT molecular complexity index is 1440. The molecule has 2 aromatic carbocycles. The van der Waals surface area contributed by atoms with Crippen molar-refractivity contribution in [3.63, 3.8) is 0 Å². The zero-order chi connectivity index (χ0) is 23.9. The van der Waals surface area contributed by atoms with E-state index in [0.717, 1.165) is 27.5 Å². The lowest BCUT2D eigenvalue weighted by molar-refractivity contribution is 0.0662. The van der Waals surface area contributed by atoms with Crippen LogP contribution in [-0.4, -0.2) is 32.2 Å². The number of pyridine rings is 2. The molecule has 0 radical (unpaired) electrons. The Morgan fingerprint density at radius 3 is 2.54 bits per heavy atom. The first-order chi connectivity index (χ1) is 17.1. The molecule has 1 atom stereocenters. The van der Waals surface area contributed by atoms with Crippen molar-refractivity contribution in [2.45, 2.75) is 23.2 Å². The van der Waals surface area contributed by atoms with Crippen LogP contribution in [0.2, 0.25) is 0 Å². The summed E-state index contributed by atoms with van der Waals surface area (Å²) in [6.45, 7) is 0.506. The van der Waals surface area contributed by atoms with Crippen LogP contribution in [0.15, 0.2) is 94.9 Å². The number of carbonyl (C=O) groups excluding carboxylic acids is 1. The van der Waals surface area contributed by atoms with Gasteiger partial charge in [-0.15, -0.1) is 11.8 Å². The number of thioether (sulfide) groups is 1. The Labute approximate surface area is 206 Å². The van der Waals surface area contributed by atoms with Gasteiger partial charge >= 0.3 is 0 Å². The lowest BCUT2D eigenvalue weighted by atomic mass is 9.94. The molecule has 4 aromatic rings. The van der Waals surface area contributed by atoms with E-state index in [-0.39, 0.29) is 24.9 Å². The third-order valence-electron chi connectivity index (χ3n) is 6.46. The third-order valence-corrected chi connectivity index (χ3v) is 7.60. The average molecular weight is 483 g/mol. The predicted octanol–water partition coefficient (Wildman–Crippen LogP) is 3.90. The molecule has 2 aliphatic heterocycles. The van der Waals surface area contributed by atoms with Gasteiger partial charge < -0.3 is 10.0 Å². The van der Waals surface area contributed by atoms with E-state index in [1.807, 2.05) is 47.5 Å². The van der Waals surface area contributed by atoms with E-state index in [1.165, 1.54) is 11.6 Å². The highest BCUT2D eigenvalue weighted by molar-refractivity contribution is 7.98. The number of benzene rings is 2. The van der Waals surface area contributed by atoms with E-state index >= 15 is 0 Å². The topological polar surface area (TPSA) is 78.7 Å². The average Bonchev–Trinajstić information content (AvgIpc) is 3.05. The Morgan fingerprint density at radius 2 is 1.71 bits per heavy atom. The summed E-state index contributed by atoms with van der Waals surface area (Å²) < 4.78 is 1.64. The third kappa shape index (κ3) is 3.66. The van der Waals surface area contributed by atoms with Crippen molar-refractivity contribution in [3.05, 3.63) is 123 Å². The molecular formula is C27H22N4O3S. The van der Waals surface area contributed by atoms with Gasteiger partial charge in [0.05, 0.1) is 18.3 Å². The van der Waals surface area contributed by atoms with Crippen molar-refractivity contribution in [1.29, 1.82) is 0 Å². The molecule has 7 nitrogen and oxygen atoms in total. The number of aromatic nitrogens is 2. The summed E-state index contributed by atoms with van der Waals surface area (Å²) in [5.74, 6) is -0.124. The van der Waals surface area contributed by atoms with Gasteiger partial charge in [0, 0.05) is 29.1 Å². The Balaban J connectivity index is 1.56. The first kappa shape index (κ1) is 21.5. The Morgan fingerprint density at radius 1 is 0.943 bits per heavy atom. The summed E-state index contributed by atoms with van der Waals surface area (Å²) in [6, 6.07) is 23.2. The molecule has 0 spiro atoms. The van der Waals surface area contributed by atoms with Crippen molar-refractivity contribution in [3.8, 4) is 5.75 Å². The molecule has 0 saturated carbocycles. The molecule has 6 rings (SSSR count). The molecule has 0 fully saturated rings. The fourth-order valence-corrected chi connectivity index (χ4v) is 5.91. The molecule has 2 aliphatic rings. The van der Waals surface area contributed by atoms with Crippen LogP contribution < -0.4 is 10.4 Å². The first-order valence-corrected chi connectivity index (χ1v) is 12.3. The van der Waals surface area contributed by atoms with Crippen LogP contribution in [0.25, 0.3) is 0 Å². The van der Waals surface area contributed by atoms with Gasteiger partial charge in [0.15, 0.2) is 11.4 Å². The zero-order valence-corrected chi connectivity index (χ0v) is 19.6. The highest BCUT2D eigenvalue weighted by Crippen LogP contribution is 2.42. The lowest BCUT2D eigenvalue weighted by Crippen LogP contribution is -2.55. The standard InChI is InChI=1S/C27H22N4O3S/c32-22-12-14-30-25(26(22)33)27(34)29(15-19-8-5-6-13-28-19)17-31(30)24-20-9-2-1-7-18(20)16-35-23-11-4-3-10-21(23)24/h1-14,24,33H,15-17H2. The van der Waals surface area contributed by atoms with Gasteiger partial charge in [0.2, 0.25) is 5.43 Å². The van der Waals surface area contributed by atoms with Crippen molar-refractivity contribution < 1.29 is 9.90 Å². The second-order valence-electron chi connectivity index (χ2n) is 8.55. The number of amides is 1. The van der Waals surface area contributed by atoms with E-state index in [1.54, 1.807) is 33.7 Å². The Kier molecular flexibility index (Phi) is 5.30. The number of hydrogen-bond donors (Lipinski definition) is 1. The molecule has 174 valence electrons. The van der Waals surface area contributed by atoms with Gasteiger partial charge in [0.1, 0.15) is 6.67 Å². The predicted molar refractivity (Wildman–Crippen MR) is 134 cm³/mol. The van der Waals surface area contributed by atoms with Gasteiger partial charge in [-0.3, -0.25) is 24.3 Å². The molecule has 2 aromatic heterocycles. The van der Waals surface area contributed by atoms with Gasteiger partial charge in [-0.25, -0.2) is 0 Å². The summed E-state index contributed by atoms with van der Waals surface area (Å²) in [7, 11) is 0. The van der Waals surface area contributed by atoms with Crippen LogP contribution >= 0.6 is 11.8 Å². The molecule has 0 bridgehead atoms. The van der Waals surface area contributed by atoms with Gasteiger partial charge in [0.25, 0.3) is 5.91 Å². The maximum atomic E-state index is 13.5. The number of aromatic hydroxyl groups is 1.